The lowest BCUT2D eigenvalue weighted by Gasteiger charge is -2.18. The van der Waals surface area contributed by atoms with Crippen molar-refractivity contribution in [3.8, 4) is 0 Å². The van der Waals surface area contributed by atoms with Gasteiger partial charge in [0, 0.05) is 23.7 Å². The largest absolute Gasteiger partial charge is 0.395 e. The fraction of sp³-hybridized carbons (Fsp3) is 0.750. The van der Waals surface area contributed by atoms with Gasteiger partial charge in [-0.05, 0) is 18.8 Å². The average Bonchev–Trinajstić information content (AvgIpc) is 2.98. The van der Waals surface area contributed by atoms with E-state index in [-0.39, 0.29) is 6.61 Å². The van der Waals surface area contributed by atoms with Gasteiger partial charge in [-0.25, -0.2) is 4.98 Å². The normalized spacial score (nSPS) is 16.3. The standard InChI is InChI=1S/C12H20N2OS/c1-9(2)11-7-13-12(16-11)8-14(5-6-15)10-3-4-10/h7,9-10,15H,3-6,8H2,1-2H3. The molecule has 0 amide bonds. The van der Waals surface area contributed by atoms with E-state index in [2.05, 4.69) is 23.7 Å². The van der Waals surface area contributed by atoms with Gasteiger partial charge < -0.3 is 5.11 Å². The molecule has 1 aromatic rings. The number of hydrogen-bond donors (Lipinski definition) is 1. The van der Waals surface area contributed by atoms with Gasteiger partial charge in [0.2, 0.25) is 0 Å². The Morgan fingerprint density at radius 1 is 1.56 bits per heavy atom. The van der Waals surface area contributed by atoms with Crippen LogP contribution in [0.15, 0.2) is 6.20 Å². The molecule has 0 aromatic carbocycles. The van der Waals surface area contributed by atoms with Gasteiger partial charge in [0.15, 0.2) is 0 Å². The number of rotatable bonds is 6. The first-order valence-corrected chi connectivity index (χ1v) is 6.82. The molecule has 1 aliphatic rings. The minimum Gasteiger partial charge on any atom is -0.395 e. The molecule has 1 aliphatic carbocycles. The number of aliphatic hydroxyl groups excluding tert-OH is 1. The van der Waals surface area contributed by atoms with Gasteiger partial charge in [-0.3, -0.25) is 4.90 Å². The van der Waals surface area contributed by atoms with Crippen LogP contribution in [0.2, 0.25) is 0 Å². The van der Waals surface area contributed by atoms with Crippen molar-refractivity contribution in [1.29, 1.82) is 0 Å². The highest BCUT2D eigenvalue weighted by molar-refractivity contribution is 7.11. The van der Waals surface area contributed by atoms with E-state index in [1.165, 1.54) is 22.7 Å². The van der Waals surface area contributed by atoms with Crippen LogP contribution in [0, 0.1) is 0 Å². The lowest BCUT2D eigenvalue weighted by molar-refractivity contribution is 0.183. The minimum atomic E-state index is 0.249. The summed E-state index contributed by atoms with van der Waals surface area (Å²) >= 11 is 1.81. The molecule has 2 rings (SSSR count). The highest BCUT2D eigenvalue weighted by Gasteiger charge is 2.29. The fourth-order valence-corrected chi connectivity index (χ4v) is 2.75. The summed E-state index contributed by atoms with van der Waals surface area (Å²) < 4.78 is 0. The molecule has 0 radical (unpaired) electrons. The summed E-state index contributed by atoms with van der Waals surface area (Å²) in [6.07, 6.45) is 4.56. The molecule has 16 heavy (non-hydrogen) atoms. The maximum Gasteiger partial charge on any atom is 0.107 e. The van der Waals surface area contributed by atoms with Gasteiger partial charge in [-0.1, -0.05) is 13.8 Å². The van der Waals surface area contributed by atoms with Gasteiger partial charge in [-0.2, -0.15) is 0 Å². The quantitative estimate of drug-likeness (QED) is 0.828. The Kier molecular flexibility index (Phi) is 3.95. The van der Waals surface area contributed by atoms with Crippen molar-refractivity contribution in [1.82, 2.24) is 9.88 Å². The zero-order valence-electron chi connectivity index (χ0n) is 10.0. The Bertz CT molecular complexity index is 334. The molecular formula is C12H20N2OS. The predicted molar refractivity (Wildman–Crippen MR) is 66.7 cm³/mol. The highest BCUT2D eigenvalue weighted by Crippen LogP contribution is 2.29. The fourth-order valence-electron chi connectivity index (χ4n) is 1.80. The molecule has 0 atom stereocenters. The van der Waals surface area contributed by atoms with E-state index in [1.807, 2.05) is 6.20 Å². The van der Waals surface area contributed by atoms with Crippen LogP contribution in [0.25, 0.3) is 0 Å². The van der Waals surface area contributed by atoms with E-state index in [0.29, 0.717) is 12.0 Å². The molecule has 0 aliphatic heterocycles. The monoisotopic (exact) mass is 240 g/mol. The molecule has 1 saturated carbocycles. The second kappa shape index (κ2) is 5.25. The Morgan fingerprint density at radius 3 is 2.81 bits per heavy atom. The average molecular weight is 240 g/mol. The number of hydrogen-bond acceptors (Lipinski definition) is 4. The summed E-state index contributed by atoms with van der Waals surface area (Å²) in [5.41, 5.74) is 0. The molecule has 1 fully saturated rings. The van der Waals surface area contributed by atoms with E-state index in [1.54, 1.807) is 11.3 Å². The van der Waals surface area contributed by atoms with Crippen molar-refractivity contribution in [2.24, 2.45) is 0 Å². The Balaban J connectivity index is 1.95. The maximum atomic E-state index is 9.03. The van der Waals surface area contributed by atoms with E-state index >= 15 is 0 Å². The van der Waals surface area contributed by atoms with Crippen LogP contribution in [0.3, 0.4) is 0 Å². The van der Waals surface area contributed by atoms with Crippen molar-refractivity contribution in [3.05, 3.63) is 16.1 Å². The van der Waals surface area contributed by atoms with E-state index < -0.39 is 0 Å². The first kappa shape index (κ1) is 12.0. The van der Waals surface area contributed by atoms with Crippen molar-refractivity contribution in [2.45, 2.75) is 45.2 Å². The van der Waals surface area contributed by atoms with E-state index in [4.69, 9.17) is 5.11 Å². The first-order chi connectivity index (χ1) is 7.70. The molecule has 0 saturated heterocycles. The lowest BCUT2D eigenvalue weighted by Crippen LogP contribution is -2.28. The first-order valence-electron chi connectivity index (χ1n) is 6.00. The van der Waals surface area contributed by atoms with Crippen molar-refractivity contribution in [3.63, 3.8) is 0 Å². The van der Waals surface area contributed by atoms with E-state index in [0.717, 1.165) is 13.1 Å². The van der Waals surface area contributed by atoms with Crippen LogP contribution in [0.4, 0.5) is 0 Å². The molecule has 4 heteroatoms. The molecule has 1 N–H and O–H groups in total. The third-order valence-electron chi connectivity index (χ3n) is 2.93. The summed E-state index contributed by atoms with van der Waals surface area (Å²) in [5.74, 6) is 0.568. The lowest BCUT2D eigenvalue weighted by atomic mass is 10.2. The SMILES string of the molecule is CC(C)c1cnc(CN(CCO)C2CC2)s1. The highest BCUT2D eigenvalue weighted by atomic mass is 32.1. The summed E-state index contributed by atoms with van der Waals surface area (Å²) in [6.45, 7) is 6.33. The Labute approximate surface area is 101 Å². The van der Waals surface area contributed by atoms with Crippen LogP contribution >= 0.6 is 11.3 Å². The maximum absolute atomic E-state index is 9.03. The van der Waals surface area contributed by atoms with Gasteiger partial charge >= 0.3 is 0 Å². The summed E-state index contributed by atoms with van der Waals surface area (Å²) in [5, 5.41) is 10.2. The van der Waals surface area contributed by atoms with Crippen LogP contribution in [-0.2, 0) is 6.54 Å². The van der Waals surface area contributed by atoms with Gasteiger partial charge in [-0.15, -0.1) is 11.3 Å². The third kappa shape index (κ3) is 3.03. The van der Waals surface area contributed by atoms with Crippen LogP contribution in [0.5, 0.6) is 0 Å². The van der Waals surface area contributed by atoms with Crippen LogP contribution in [-0.4, -0.2) is 34.2 Å². The van der Waals surface area contributed by atoms with Crippen molar-refractivity contribution < 1.29 is 5.11 Å². The van der Waals surface area contributed by atoms with Crippen molar-refractivity contribution >= 4 is 11.3 Å². The second-order valence-electron chi connectivity index (χ2n) is 4.74. The second-order valence-corrected chi connectivity index (χ2v) is 5.88. The third-order valence-corrected chi connectivity index (χ3v) is 4.21. The molecular weight excluding hydrogens is 220 g/mol. The summed E-state index contributed by atoms with van der Waals surface area (Å²) in [4.78, 5) is 8.17. The smallest absolute Gasteiger partial charge is 0.107 e. The number of thiazole rings is 1. The number of aliphatic hydroxyl groups is 1. The molecule has 0 unspecified atom stereocenters. The molecule has 1 aromatic heterocycles. The van der Waals surface area contributed by atoms with Gasteiger partial charge in [0.05, 0.1) is 13.2 Å². The Hall–Kier alpha value is -0.450. The molecule has 3 nitrogen and oxygen atoms in total. The summed E-state index contributed by atoms with van der Waals surface area (Å²) in [7, 11) is 0. The van der Waals surface area contributed by atoms with Gasteiger partial charge in [0.1, 0.15) is 5.01 Å². The molecule has 0 bridgehead atoms. The summed E-state index contributed by atoms with van der Waals surface area (Å²) in [6, 6.07) is 0.693. The molecule has 90 valence electrons. The van der Waals surface area contributed by atoms with E-state index in [9.17, 15) is 0 Å². The van der Waals surface area contributed by atoms with Crippen LogP contribution < -0.4 is 0 Å². The topological polar surface area (TPSA) is 36.4 Å². The Morgan fingerprint density at radius 2 is 2.31 bits per heavy atom. The zero-order chi connectivity index (χ0) is 11.5. The number of aromatic nitrogens is 1. The van der Waals surface area contributed by atoms with Gasteiger partial charge in [0.25, 0.3) is 0 Å². The van der Waals surface area contributed by atoms with Crippen molar-refractivity contribution in [2.75, 3.05) is 13.2 Å². The molecule has 0 spiro atoms. The number of nitrogens with zero attached hydrogens (tertiary/aromatic N) is 2. The van der Waals surface area contributed by atoms with Crippen LogP contribution in [0.1, 0.15) is 42.5 Å². The zero-order valence-corrected chi connectivity index (χ0v) is 10.8. The molecule has 1 heterocycles. The predicted octanol–water partition coefficient (Wildman–Crippen LogP) is 2.22. The minimum absolute atomic E-state index is 0.249.